The number of amides is 1. The summed E-state index contributed by atoms with van der Waals surface area (Å²) in [6.45, 7) is 1.91. The lowest BCUT2D eigenvalue weighted by Crippen LogP contribution is -2.16. The molecule has 0 saturated carbocycles. The van der Waals surface area contributed by atoms with E-state index >= 15 is 0 Å². The Hall–Kier alpha value is -3.72. The molecule has 3 aromatic rings. The first-order valence-electron chi connectivity index (χ1n) is 9.25. The number of carbonyl (C=O) groups excluding carboxylic acids is 2. The van der Waals surface area contributed by atoms with Crippen molar-refractivity contribution in [3.63, 3.8) is 0 Å². The minimum Gasteiger partial charge on any atom is -0.462 e. The highest BCUT2D eigenvalue weighted by atomic mass is 32.2. The Morgan fingerprint density at radius 2 is 1.58 bits per heavy atom. The maximum absolute atomic E-state index is 13.0. The van der Waals surface area contributed by atoms with Crippen LogP contribution in [0.4, 0.5) is 15.8 Å². The van der Waals surface area contributed by atoms with E-state index in [1.54, 1.807) is 25.1 Å². The lowest BCUT2D eigenvalue weighted by molar-refractivity contribution is 0.0526. The van der Waals surface area contributed by atoms with Crippen LogP contribution in [0.2, 0.25) is 0 Å². The summed E-state index contributed by atoms with van der Waals surface area (Å²) in [5, 5.41) is 2.63. The highest BCUT2D eigenvalue weighted by Gasteiger charge is 2.17. The summed E-state index contributed by atoms with van der Waals surface area (Å²) in [6, 6.07) is 16.5. The van der Waals surface area contributed by atoms with Gasteiger partial charge in [-0.3, -0.25) is 9.52 Å². The van der Waals surface area contributed by atoms with Gasteiger partial charge in [0.2, 0.25) is 0 Å². The SMILES string of the molecule is CCOC(=O)c1cccc(NC(=O)c2cccc(S(=O)(=O)Nc3ccc(F)cc3)c2)c1. The Labute approximate surface area is 178 Å². The fourth-order valence-corrected chi connectivity index (χ4v) is 3.78. The van der Waals surface area contributed by atoms with E-state index in [9.17, 15) is 22.4 Å². The number of carbonyl (C=O) groups is 2. The summed E-state index contributed by atoms with van der Waals surface area (Å²) in [4.78, 5) is 24.3. The van der Waals surface area contributed by atoms with E-state index in [1.165, 1.54) is 42.5 Å². The molecule has 160 valence electrons. The number of hydrogen-bond donors (Lipinski definition) is 2. The van der Waals surface area contributed by atoms with Crippen LogP contribution in [0, 0.1) is 5.82 Å². The molecule has 0 aromatic heterocycles. The first-order valence-corrected chi connectivity index (χ1v) is 10.7. The minimum absolute atomic E-state index is 0.100. The van der Waals surface area contributed by atoms with Gasteiger partial charge in [-0.25, -0.2) is 17.6 Å². The fraction of sp³-hybridized carbons (Fsp3) is 0.0909. The van der Waals surface area contributed by atoms with E-state index in [1.807, 2.05) is 0 Å². The van der Waals surface area contributed by atoms with Gasteiger partial charge in [0, 0.05) is 16.9 Å². The molecule has 0 radical (unpaired) electrons. The molecular formula is C22H19FN2O5S. The van der Waals surface area contributed by atoms with Gasteiger partial charge in [-0.05, 0) is 67.6 Å². The molecule has 0 unspecified atom stereocenters. The number of benzene rings is 3. The third-order valence-electron chi connectivity index (χ3n) is 4.13. The molecule has 0 spiro atoms. The topological polar surface area (TPSA) is 102 Å². The van der Waals surface area contributed by atoms with Crippen LogP contribution in [-0.4, -0.2) is 26.9 Å². The summed E-state index contributed by atoms with van der Waals surface area (Å²) in [6.07, 6.45) is 0. The van der Waals surface area contributed by atoms with E-state index in [2.05, 4.69) is 10.0 Å². The third kappa shape index (κ3) is 5.67. The number of sulfonamides is 1. The zero-order chi connectivity index (χ0) is 22.4. The fourth-order valence-electron chi connectivity index (χ4n) is 2.68. The van der Waals surface area contributed by atoms with Gasteiger partial charge >= 0.3 is 5.97 Å². The van der Waals surface area contributed by atoms with E-state index in [4.69, 9.17) is 4.74 Å². The standard InChI is InChI=1S/C22H19FN2O5S/c1-2-30-22(27)16-6-3-7-19(13-16)24-21(26)15-5-4-8-20(14-15)31(28,29)25-18-11-9-17(23)10-12-18/h3-14,25H,2H2,1H3,(H,24,26). The second-order valence-corrected chi connectivity index (χ2v) is 8.08. The molecule has 31 heavy (non-hydrogen) atoms. The average Bonchev–Trinajstić information content (AvgIpc) is 2.76. The van der Waals surface area contributed by atoms with Crippen LogP contribution < -0.4 is 10.0 Å². The molecule has 0 atom stereocenters. The van der Waals surface area contributed by atoms with Crippen LogP contribution in [0.5, 0.6) is 0 Å². The van der Waals surface area contributed by atoms with Crippen molar-refractivity contribution in [1.29, 1.82) is 0 Å². The highest BCUT2D eigenvalue weighted by Crippen LogP contribution is 2.19. The Kier molecular flexibility index (Phi) is 6.66. The second kappa shape index (κ2) is 9.40. The lowest BCUT2D eigenvalue weighted by atomic mass is 10.1. The zero-order valence-corrected chi connectivity index (χ0v) is 17.3. The number of halogens is 1. The molecule has 3 rings (SSSR count). The van der Waals surface area contributed by atoms with Crippen molar-refractivity contribution in [3.8, 4) is 0 Å². The molecule has 3 aromatic carbocycles. The molecule has 0 bridgehead atoms. The van der Waals surface area contributed by atoms with E-state index in [-0.39, 0.29) is 28.3 Å². The normalized spacial score (nSPS) is 10.9. The van der Waals surface area contributed by atoms with Gasteiger partial charge in [-0.15, -0.1) is 0 Å². The van der Waals surface area contributed by atoms with Crippen molar-refractivity contribution < 1.29 is 27.1 Å². The second-order valence-electron chi connectivity index (χ2n) is 6.40. The van der Waals surface area contributed by atoms with Gasteiger partial charge in [0.25, 0.3) is 15.9 Å². The predicted molar refractivity (Wildman–Crippen MR) is 114 cm³/mol. The van der Waals surface area contributed by atoms with Gasteiger partial charge in [-0.2, -0.15) is 0 Å². The number of ether oxygens (including phenoxy) is 1. The van der Waals surface area contributed by atoms with Gasteiger partial charge < -0.3 is 10.1 Å². The van der Waals surface area contributed by atoms with E-state index in [0.717, 1.165) is 12.1 Å². The smallest absolute Gasteiger partial charge is 0.338 e. The van der Waals surface area contributed by atoms with Crippen molar-refractivity contribution in [2.75, 3.05) is 16.6 Å². The van der Waals surface area contributed by atoms with E-state index in [0.29, 0.717) is 5.69 Å². The van der Waals surface area contributed by atoms with Crippen LogP contribution in [0.25, 0.3) is 0 Å². The number of esters is 1. The summed E-state index contributed by atoms with van der Waals surface area (Å²) in [5.41, 5.74) is 0.920. The molecule has 0 saturated heterocycles. The minimum atomic E-state index is -3.99. The van der Waals surface area contributed by atoms with Crippen molar-refractivity contribution in [1.82, 2.24) is 0 Å². The van der Waals surface area contributed by atoms with E-state index < -0.39 is 27.7 Å². The molecule has 0 aliphatic carbocycles. The van der Waals surface area contributed by atoms with Crippen LogP contribution in [-0.2, 0) is 14.8 Å². The molecule has 7 nitrogen and oxygen atoms in total. The zero-order valence-electron chi connectivity index (χ0n) is 16.5. The molecular weight excluding hydrogens is 423 g/mol. The molecule has 9 heteroatoms. The monoisotopic (exact) mass is 442 g/mol. The summed E-state index contributed by atoms with van der Waals surface area (Å²) in [5.74, 6) is -1.56. The van der Waals surface area contributed by atoms with Crippen molar-refractivity contribution >= 4 is 33.3 Å². The van der Waals surface area contributed by atoms with Gasteiger partial charge in [-0.1, -0.05) is 12.1 Å². The lowest BCUT2D eigenvalue weighted by Gasteiger charge is -2.10. The third-order valence-corrected chi connectivity index (χ3v) is 5.51. The van der Waals surface area contributed by atoms with Gasteiger partial charge in [0.15, 0.2) is 0 Å². The summed E-state index contributed by atoms with van der Waals surface area (Å²) < 4.78 is 45.5. The highest BCUT2D eigenvalue weighted by molar-refractivity contribution is 7.92. The van der Waals surface area contributed by atoms with Crippen molar-refractivity contribution in [2.24, 2.45) is 0 Å². The largest absolute Gasteiger partial charge is 0.462 e. The Bertz CT molecular complexity index is 1210. The molecule has 0 aliphatic rings. The quantitative estimate of drug-likeness (QED) is 0.538. The van der Waals surface area contributed by atoms with Crippen LogP contribution in [0.3, 0.4) is 0 Å². The summed E-state index contributed by atoms with van der Waals surface area (Å²) >= 11 is 0. The first-order chi connectivity index (χ1) is 14.8. The Balaban J connectivity index is 1.78. The van der Waals surface area contributed by atoms with Gasteiger partial charge in [0.1, 0.15) is 5.82 Å². The number of nitrogens with one attached hydrogen (secondary N) is 2. The molecule has 0 heterocycles. The van der Waals surface area contributed by atoms with Crippen LogP contribution >= 0.6 is 0 Å². The first kappa shape index (κ1) is 22.0. The Morgan fingerprint density at radius 1 is 0.903 bits per heavy atom. The van der Waals surface area contributed by atoms with Crippen molar-refractivity contribution in [2.45, 2.75) is 11.8 Å². The maximum Gasteiger partial charge on any atom is 0.338 e. The Morgan fingerprint density at radius 3 is 2.29 bits per heavy atom. The number of rotatable bonds is 7. The maximum atomic E-state index is 13.0. The molecule has 2 N–H and O–H groups in total. The van der Waals surface area contributed by atoms with Crippen LogP contribution in [0.15, 0.2) is 77.7 Å². The molecule has 0 aliphatic heterocycles. The molecule has 1 amide bonds. The number of anilines is 2. The average molecular weight is 442 g/mol. The van der Waals surface area contributed by atoms with Crippen molar-refractivity contribution in [3.05, 3.63) is 89.7 Å². The number of hydrogen-bond acceptors (Lipinski definition) is 5. The van der Waals surface area contributed by atoms with Crippen LogP contribution in [0.1, 0.15) is 27.6 Å². The predicted octanol–water partition coefficient (Wildman–Crippen LogP) is 4.06. The summed E-state index contributed by atoms with van der Waals surface area (Å²) in [7, 11) is -3.99. The molecule has 0 fully saturated rings. The van der Waals surface area contributed by atoms with Gasteiger partial charge in [0.05, 0.1) is 17.1 Å².